The summed E-state index contributed by atoms with van der Waals surface area (Å²) in [4.78, 5) is 33.0. The number of carbonyl (C=O) groups is 2. The van der Waals surface area contributed by atoms with Crippen molar-refractivity contribution >= 4 is 17.5 Å². The number of aliphatic hydroxyl groups excluding tert-OH is 1. The first-order chi connectivity index (χ1) is 17.7. The lowest BCUT2D eigenvalue weighted by atomic mass is 9.96. The molecule has 1 fully saturated rings. The van der Waals surface area contributed by atoms with Crippen LogP contribution in [0.25, 0.3) is 5.70 Å². The lowest BCUT2D eigenvalue weighted by Crippen LogP contribution is -2.63. The molecule has 8 nitrogen and oxygen atoms in total. The summed E-state index contributed by atoms with van der Waals surface area (Å²) in [7, 11) is 3.11. The molecule has 0 radical (unpaired) electrons. The minimum Gasteiger partial charge on any atom is -0.389 e. The van der Waals surface area contributed by atoms with Crippen LogP contribution in [-0.4, -0.2) is 54.4 Å². The highest BCUT2D eigenvalue weighted by atomic mass is 16.8. The number of hydrogen-bond donors (Lipinski definition) is 3. The molecule has 37 heavy (non-hydrogen) atoms. The molecule has 1 aliphatic heterocycles. The number of carbonyl (C=O) groups excluding carboxylic acids is 2. The predicted molar refractivity (Wildman–Crippen MR) is 142 cm³/mol. The summed E-state index contributed by atoms with van der Waals surface area (Å²) >= 11 is 0. The van der Waals surface area contributed by atoms with Gasteiger partial charge in [-0.25, -0.2) is 10.3 Å². The van der Waals surface area contributed by atoms with Crippen LogP contribution >= 0.6 is 0 Å². The van der Waals surface area contributed by atoms with Crippen LogP contribution in [0, 0.1) is 11.8 Å². The van der Waals surface area contributed by atoms with Crippen LogP contribution in [0.1, 0.15) is 61.5 Å². The van der Waals surface area contributed by atoms with Crippen molar-refractivity contribution in [2.24, 2.45) is 0 Å². The molecule has 0 bridgehead atoms. The highest BCUT2D eigenvalue weighted by molar-refractivity contribution is 6.09. The molecule has 0 saturated carbocycles. The van der Waals surface area contributed by atoms with Crippen molar-refractivity contribution in [3.63, 3.8) is 0 Å². The minimum atomic E-state index is -1.63. The zero-order chi connectivity index (χ0) is 27.0. The molecule has 196 valence electrons. The molecule has 2 unspecified atom stereocenters. The van der Waals surface area contributed by atoms with Crippen LogP contribution in [0.2, 0.25) is 0 Å². The van der Waals surface area contributed by atoms with Crippen molar-refractivity contribution in [2.45, 2.75) is 51.0 Å². The van der Waals surface area contributed by atoms with Crippen molar-refractivity contribution in [3.05, 3.63) is 77.4 Å². The first kappa shape index (κ1) is 27.9. The van der Waals surface area contributed by atoms with E-state index < -0.39 is 29.7 Å². The second-order valence-corrected chi connectivity index (χ2v) is 9.13. The van der Waals surface area contributed by atoms with Gasteiger partial charge < -0.3 is 20.1 Å². The minimum absolute atomic E-state index is 0.475. The lowest BCUT2D eigenvalue weighted by molar-refractivity contribution is -0.204. The number of hydroxylamine groups is 1. The van der Waals surface area contributed by atoms with E-state index in [2.05, 4.69) is 29.2 Å². The van der Waals surface area contributed by atoms with E-state index in [9.17, 15) is 14.7 Å². The molecule has 3 rings (SSSR count). The molecule has 0 aliphatic carbocycles. The second kappa shape index (κ2) is 12.5. The molecule has 2 amide bonds. The average Bonchev–Trinajstić information content (AvgIpc) is 2.94. The van der Waals surface area contributed by atoms with Crippen molar-refractivity contribution in [1.29, 1.82) is 0 Å². The van der Waals surface area contributed by atoms with E-state index in [-0.39, 0.29) is 0 Å². The Morgan fingerprint density at radius 1 is 1.11 bits per heavy atom. The maximum atomic E-state index is 13.2. The zero-order valence-corrected chi connectivity index (χ0v) is 21.8. The van der Waals surface area contributed by atoms with Crippen molar-refractivity contribution in [1.82, 2.24) is 15.7 Å². The first-order valence-electron chi connectivity index (χ1n) is 12.3. The molecule has 1 saturated heterocycles. The summed E-state index contributed by atoms with van der Waals surface area (Å²) < 4.78 is 5.49. The van der Waals surface area contributed by atoms with Gasteiger partial charge in [0.15, 0.2) is 11.8 Å². The normalized spacial score (nSPS) is 17.4. The number of nitrogens with zero attached hydrogens (tertiary/aromatic N) is 1. The van der Waals surface area contributed by atoms with Gasteiger partial charge in [-0.05, 0) is 62.1 Å². The van der Waals surface area contributed by atoms with Gasteiger partial charge in [-0.3, -0.25) is 9.59 Å². The monoisotopic (exact) mass is 505 g/mol. The molecule has 1 aliphatic rings. The van der Waals surface area contributed by atoms with Gasteiger partial charge in [0.25, 0.3) is 11.8 Å². The van der Waals surface area contributed by atoms with E-state index in [1.54, 1.807) is 14.0 Å². The van der Waals surface area contributed by atoms with Gasteiger partial charge in [0, 0.05) is 43.9 Å². The number of aliphatic hydroxyl groups is 1. The van der Waals surface area contributed by atoms with E-state index >= 15 is 0 Å². The largest absolute Gasteiger partial charge is 0.389 e. The SMILES string of the molecule is C=C(c1ccc(C#Cc2ccc(C(C)O)cc2)cc1)N(C)[C@@](C)(C(=O)NC)C(=O)NOC1CCCCO1. The smallest absolute Gasteiger partial charge is 0.279 e. The quantitative estimate of drug-likeness (QED) is 0.290. The van der Waals surface area contributed by atoms with Crippen LogP contribution in [0.3, 0.4) is 0 Å². The molecule has 2 aromatic carbocycles. The van der Waals surface area contributed by atoms with Crippen LogP contribution in [-0.2, 0) is 19.2 Å². The fraction of sp³-hybridized carbons (Fsp3) is 0.379. The lowest BCUT2D eigenvalue weighted by Gasteiger charge is -2.38. The third-order valence-corrected chi connectivity index (χ3v) is 6.57. The Hall–Kier alpha value is -3.64. The molecule has 8 heteroatoms. The number of likely N-dealkylation sites (N-methyl/N-ethyl adjacent to an activating group) is 2. The van der Waals surface area contributed by atoms with Gasteiger partial charge in [-0.15, -0.1) is 0 Å². The number of amides is 2. The molecule has 3 N–H and O–H groups in total. The Balaban J connectivity index is 1.71. The molecular formula is C29H35N3O5. The fourth-order valence-electron chi connectivity index (χ4n) is 3.87. The Kier molecular flexibility index (Phi) is 9.48. The summed E-state index contributed by atoms with van der Waals surface area (Å²) in [6.07, 6.45) is 1.51. The highest BCUT2D eigenvalue weighted by Gasteiger charge is 2.46. The second-order valence-electron chi connectivity index (χ2n) is 9.13. The molecule has 0 spiro atoms. The van der Waals surface area contributed by atoms with Crippen LogP contribution in [0.5, 0.6) is 0 Å². The number of nitrogens with one attached hydrogen (secondary N) is 2. The van der Waals surface area contributed by atoms with Gasteiger partial charge in [0.1, 0.15) is 0 Å². The van der Waals surface area contributed by atoms with E-state index in [0.717, 1.165) is 35.1 Å². The Morgan fingerprint density at radius 3 is 2.22 bits per heavy atom. The number of hydrogen-bond acceptors (Lipinski definition) is 6. The molecule has 0 aromatic heterocycles. The van der Waals surface area contributed by atoms with Gasteiger partial charge in [0.2, 0.25) is 0 Å². The Morgan fingerprint density at radius 2 is 1.70 bits per heavy atom. The summed E-state index contributed by atoms with van der Waals surface area (Å²) in [5, 5.41) is 12.2. The van der Waals surface area contributed by atoms with Gasteiger partial charge in [-0.2, -0.15) is 0 Å². The fourth-order valence-corrected chi connectivity index (χ4v) is 3.87. The van der Waals surface area contributed by atoms with E-state index in [1.807, 2.05) is 48.5 Å². The van der Waals surface area contributed by atoms with Crippen molar-refractivity contribution < 1.29 is 24.3 Å². The number of ether oxygens (including phenoxy) is 1. The van der Waals surface area contributed by atoms with Gasteiger partial charge in [0.05, 0.1) is 6.10 Å². The number of benzene rings is 2. The molecule has 1 heterocycles. The van der Waals surface area contributed by atoms with E-state index in [1.165, 1.54) is 18.9 Å². The molecule has 3 atom stereocenters. The topological polar surface area (TPSA) is 100 Å². The highest BCUT2D eigenvalue weighted by Crippen LogP contribution is 2.26. The molecule has 2 aromatic rings. The Bertz CT molecular complexity index is 1160. The zero-order valence-electron chi connectivity index (χ0n) is 21.8. The van der Waals surface area contributed by atoms with Gasteiger partial charge >= 0.3 is 0 Å². The van der Waals surface area contributed by atoms with Gasteiger partial charge in [-0.1, -0.05) is 42.7 Å². The van der Waals surface area contributed by atoms with Crippen molar-refractivity contribution in [3.8, 4) is 11.8 Å². The third kappa shape index (κ3) is 6.77. The van der Waals surface area contributed by atoms with Crippen LogP contribution in [0.15, 0.2) is 55.1 Å². The summed E-state index contributed by atoms with van der Waals surface area (Å²) in [6.45, 7) is 7.93. The maximum absolute atomic E-state index is 13.2. The van der Waals surface area contributed by atoms with Crippen LogP contribution < -0.4 is 10.8 Å². The predicted octanol–water partition coefficient (Wildman–Crippen LogP) is 3.12. The third-order valence-electron chi connectivity index (χ3n) is 6.57. The first-order valence-corrected chi connectivity index (χ1v) is 12.3. The summed E-state index contributed by atoms with van der Waals surface area (Å²) in [6, 6.07) is 14.8. The number of rotatable bonds is 8. The maximum Gasteiger partial charge on any atom is 0.279 e. The Labute approximate surface area is 218 Å². The summed E-state index contributed by atoms with van der Waals surface area (Å²) in [5.74, 6) is 5.08. The van der Waals surface area contributed by atoms with E-state index in [4.69, 9.17) is 9.57 Å². The summed E-state index contributed by atoms with van der Waals surface area (Å²) in [5.41, 5.74) is 4.46. The van der Waals surface area contributed by atoms with E-state index in [0.29, 0.717) is 18.7 Å². The molecular weight excluding hydrogens is 470 g/mol. The standard InChI is InChI=1S/C29H35N3O5/c1-20(24-15-11-22(12-16-24)9-10-23-13-17-25(18-14-23)21(2)33)32(5)29(3,27(34)30-4)28(35)31-37-26-8-6-7-19-36-26/h11-18,21,26,33H,1,6-8,19H2,2-5H3,(H,30,34)(H,31,35)/t21?,26?,29-/m0/s1. The van der Waals surface area contributed by atoms with Crippen LogP contribution in [0.4, 0.5) is 0 Å². The average molecular weight is 506 g/mol. The van der Waals surface area contributed by atoms with Crippen molar-refractivity contribution in [2.75, 3.05) is 20.7 Å².